The fourth-order valence-electron chi connectivity index (χ4n) is 5.05. The summed E-state index contributed by atoms with van der Waals surface area (Å²) in [4.78, 5) is 15.4. The number of hydrogen-bond acceptors (Lipinski definition) is 3. The number of aliphatic hydroxyl groups is 1. The van der Waals surface area contributed by atoms with Crippen LogP contribution in [-0.2, 0) is 16.0 Å². The molecule has 0 bridgehead atoms. The molecule has 2 aliphatic heterocycles. The Hall–Kier alpha value is -2.17. The number of rotatable bonds is 4. The number of amides is 1. The van der Waals surface area contributed by atoms with Crippen LogP contribution < -0.4 is 0 Å². The van der Waals surface area contributed by atoms with E-state index in [0.29, 0.717) is 19.8 Å². The number of piperidine rings is 1. The van der Waals surface area contributed by atoms with Crippen molar-refractivity contribution >= 4 is 5.91 Å². The van der Waals surface area contributed by atoms with Gasteiger partial charge in [0.2, 0.25) is 5.91 Å². The molecule has 0 spiro atoms. The summed E-state index contributed by atoms with van der Waals surface area (Å²) in [5.74, 6) is 0.197. The molecule has 4 nitrogen and oxygen atoms in total. The topological polar surface area (TPSA) is 49.8 Å². The number of carbonyl (C=O) groups is 1. The normalized spacial score (nSPS) is 21.4. The van der Waals surface area contributed by atoms with E-state index in [1.165, 1.54) is 27.8 Å². The maximum atomic E-state index is 13.5. The van der Waals surface area contributed by atoms with Gasteiger partial charge in [-0.15, -0.1) is 0 Å². The van der Waals surface area contributed by atoms with E-state index in [2.05, 4.69) is 56.3 Å². The van der Waals surface area contributed by atoms with Crippen LogP contribution in [0.2, 0.25) is 0 Å². The molecule has 160 valence electrons. The predicted octanol–water partition coefficient (Wildman–Crippen LogP) is 4.29. The molecule has 2 aromatic carbocycles. The molecule has 2 aromatic rings. The summed E-state index contributed by atoms with van der Waals surface area (Å²) in [5.41, 5.74) is 5.75. The lowest BCUT2D eigenvalue weighted by Gasteiger charge is -2.42. The Kier molecular flexibility index (Phi) is 6.26. The van der Waals surface area contributed by atoms with E-state index in [0.717, 1.165) is 38.6 Å². The van der Waals surface area contributed by atoms with Crippen molar-refractivity contribution in [2.24, 2.45) is 5.41 Å². The minimum absolute atomic E-state index is 0.197. The lowest BCUT2D eigenvalue weighted by Crippen LogP contribution is -2.52. The van der Waals surface area contributed by atoms with Gasteiger partial charge in [-0.05, 0) is 62.6 Å². The van der Waals surface area contributed by atoms with E-state index in [1.54, 1.807) is 0 Å². The van der Waals surface area contributed by atoms with Crippen molar-refractivity contribution in [3.63, 3.8) is 0 Å². The molecule has 2 fully saturated rings. The minimum atomic E-state index is -0.420. The van der Waals surface area contributed by atoms with Gasteiger partial charge in [0.05, 0.1) is 11.5 Å². The quantitative estimate of drug-likeness (QED) is 0.822. The lowest BCUT2D eigenvalue weighted by atomic mass is 9.73. The summed E-state index contributed by atoms with van der Waals surface area (Å²) in [6.45, 7) is 6.73. The van der Waals surface area contributed by atoms with E-state index < -0.39 is 11.5 Å². The zero-order valence-electron chi connectivity index (χ0n) is 18.2. The minimum Gasteiger partial charge on any atom is -0.391 e. The Bertz CT molecular complexity index is 863. The Morgan fingerprint density at radius 3 is 2.37 bits per heavy atom. The summed E-state index contributed by atoms with van der Waals surface area (Å²) < 4.78 is 5.60. The second-order valence-electron chi connectivity index (χ2n) is 9.19. The van der Waals surface area contributed by atoms with Gasteiger partial charge >= 0.3 is 0 Å². The van der Waals surface area contributed by atoms with Gasteiger partial charge in [-0.25, -0.2) is 0 Å². The molecule has 4 rings (SSSR count). The first-order valence-electron chi connectivity index (χ1n) is 11.2. The molecule has 2 heterocycles. The molecular formula is C26H33NO3. The van der Waals surface area contributed by atoms with Crippen LogP contribution in [0.25, 0.3) is 11.1 Å². The van der Waals surface area contributed by atoms with Gasteiger partial charge in [-0.1, -0.05) is 53.6 Å². The molecule has 0 saturated carbocycles. The highest BCUT2D eigenvalue weighted by atomic mass is 16.5. The average molecular weight is 408 g/mol. The molecule has 1 atom stereocenters. The van der Waals surface area contributed by atoms with Gasteiger partial charge in [0.1, 0.15) is 0 Å². The van der Waals surface area contributed by atoms with Crippen LogP contribution in [0.15, 0.2) is 42.5 Å². The number of likely N-dealkylation sites (tertiary alicyclic amines) is 1. The fourth-order valence-corrected chi connectivity index (χ4v) is 5.05. The average Bonchev–Trinajstić information content (AvgIpc) is 2.74. The number of ether oxygens (including phenoxy) is 1. The second kappa shape index (κ2) is 8.91. The van der Waals surface area contributed by atoms with Crippen molar-refractivity contribution < 1.29 is 14.6 Å². The van der Waals surface area contributed by atoms with Gasteiger partial charge in [0.25, 0.3) is 0 Å². The van der Waals surface area contributed by atoms with E-state index in [4.69, 9.17) is 4.74 Å². The largest absolute Gasteiger partial charge is 0.391 e. The Labute approximate surface area is 179 Å². The molecule has 2 aliphatic rings. The molecule has 4 heteroatoms. The monoisotopic (exact) mass is 407 g/mol. The van der Waals surface area contributed by atoms with Crippen molar-refractivity contribution in [2.45, 2.75) is 52.1 Å². The number of β-amino-alcohol motifs (C(OH)–C–C–N with tert-alkyl or cyclic N) is 1. The van der Waals surface area contributed by atoms with Gasteiger partial charge in [-0.2, -0.15) is 0 Å². The van der Waals surface area contributed by atoms with Crippen molar-refractivity contribution in [1.29, 1.82) is 0 Å². The predicted molar refractivity (Wildman–Crippen MR) is 119 cm³/mol. The van der Waals surface area contributed by atoms with E-state index in [9.17, 15) is 9.90 Å². The van der Waals surface area contributed by atoms with Crippen LogP contribution in [0.1, 0.15) is 42.4 Å². The van der Waals surface area contributed by atoms with Crippen LogP contribution in [0, 0.1) is 19.3 Å². The van der Waals surface area contributed by atoms with Crippen LogP contribution in [0.5, 0.6) is 0 Å². The Morgan fingerprint density at radius 2 is 1.73 bits per heavy atom. The summed E-state index contributed by atoms with van der Waals surface area (Å²) in [6, 6.07) is 15.3. The number of nitrogens with zero attached hydrogens (tertiary/aromatic N) is 1. The Morgan fingerprint density at radius 1 is 1.07 bits per heavy atom. The standard InChI is InChI=1S/C26H33NO3/c1-19-14-20(2)16-23(15-19)22-7-5-21(6-8-22)17-26(9-12-30-13-10-26)25(29)27-11-3-4-24(28)18-27/h5-8,14-16,24,28H,3-4,9-13,17-18H2,1-2H3/t24-/m0/s1. The lowest BCUT2D eigenvalue weighted by molar-refractivity contribution is -0.151. The molecule has 0 aromatic heterocycles. The molecule has 30 heavy (non-hydrogen) atoms. The summed E-state index contributed by atoms with van der Waals surface area (Å²) >= 11 is 0. The van der Waals surface area contributed by atoms with Crippen molar-refractivity contribution in [1.82, 2.24) is 4.90 Å². The van der Waals surface area contributed by atoms with Gasteiger partial charge in [0.15, 0.2) is 0 Å². The maximum absolute atomic E-state index is 13.5. The number of hydrogen-bond donors (Lipinski definition) is 1. The maximum Gasteiger partial charge on any atom is 0.229 e. The fraction of sp³-hybridized carbons (Fsp3) is 0.500. The highest BCUT2D eigenvalue weighted by Gasteiger charge is 2.43. The first-order valence-corrected chi connectivity index (χ1v) is 11.2. The Balaban J connectivity index is 1.55. The number of benzene rings is 2. The summed E-state index contributed by atoms with van der Waals surface area (Å²) in [5, 5.41) is 10.1. The SMILES string of the molecule is Cc1cc(C)cc(-c2ccc(CC3(C(=O)N4CCC[C@H](O)C4)CCOCC3)cc2)c1. The van der Waals surface area contributed by atoms with Crippen molar-refractivity contribution in [3.8, 4) is 11.1 Å². The highest BCUT2D eigenvalue weighted by Crippen LogP contribution is 2.37. The van der Waals surface area contributed by atoms with Crippen LogP contribution in [0.3, 0.4) is 0 Å². The zero-order chi connectivity index (χ0) is 21.1. The van der Waals surface area contributed by atoms with E-state index in [-0.39, 0.29) is 5.91 Å². The van der Waals surface area contributed by atoms with Crippen molar-refractivity contribution in [3.05, 3.63) is 59.2 Å². The van der Waals surface area contributed by atoms with Crippen LogP contribution >= 0.6 is 0 Å². The third kappa shape index (κ3) is 4.60. The van der Waals surface area contributed by atoms with Gasteiger partial charge < -0.3 is 14.7 Å². The summed E-state index contributed by atoms with van der Waals surface area (Å²) in [7, 11) is 0. The zero-order valence-corrected chi connectivity index (χ0v) is 18.2. The first kappa shape index (κ1) is 21.1. The molecule has 1 N–H and O–H groups in total. The third-order valence-electron chi connectivity index (χ3n) is 6.64. The van der Waals surface area contributed by atoms with E-state index in [1.807, 2.05) is 4.90 Å². The van der Waals surface area contributed by atoms with E-state index >= 15 is 0 Å². The molecule has 1 amide bonds. The van der Waals surface area contributed by atoms with Crippen molar-refractivity contribution in [2.75, 3.05) is 26.3 Å². The van der Waals surface area contributed by atoms with Gasteiger partial charge in [-0.3, -0.25) is 4.79 Å². The second-order valence-corrected chi connectivity index (χ2v) is 9.19. The smallest absolute Gasteiger partial charge is 0.229 e. The molecular weight excluding hydrogens is 374 g/mol. The summed E-state index contributed by atoms with van der Waals surface area (Å²) in [6.07, 6.45) is 3.50. The van der Waals surface area contributed by atoms with Gasteiger partial charge in [0, 0.05) is 26.3 Å². The highest BCUT2D eigenvalue weighted by molar-refractivity contribution is 5.83. The first-order chi connectivity index (χ1) is 14.4. The molecule has 0 aliphatic carbocycles. The van der Waals surface area contributed by atoms with Crippen LogP contribution in [-0.4, -0.2) is 48.3 Å². The van der Waals surface area contributed by atoms with Crippen LogP contribution in [0.4, 0.5) is 0 Å². The third-order valence-corrected chi connectivity index (χ3v) is 6.64. The number of carbonyl (C=O) groups excluding carboxylic acids is 1. The molecule has 2 saturated heterocycles. The number of aliphatic hydroxyl groups excluding tert-OH is 1. The number of aryl methyl sites for hydroxylation is 2. The molecule has 0 radical (unpaired) electrons. The molecule has 0 unspecified atom stereocenters.